The third-order valence-corrected chi connectivity index (χ3v) is 5.62. The molecule has 0 spiro atoms. The van der Waals surface area contributed by atoms with E-state index in [2.05, 4.69) is 44.7 Å². The SMILES string of the molecule is CC1CCC(C(=O)O)CN1Cc1ccc(C(C)(C)C)s1. The molecule has 0 amide bonds. The normalized spacial score (nSPS) is 24.8. The number of piperidine rings is 1. The molecule has 2 rings (SSSR count). The van der Waals surface area contributed by atoms with E-state index in [1.54, 1.807) is 0 Å². The highest BCUT2D eigenvalue weighted by Crippen LogP contribution is 2.31. The Labute approximate surface area is 125 Å². The van der Waals surface area contributed by atoms with Gasteiger partial charge in [0.1, 0.15) is 0 Å². The van der Waals surface area contributed by atoms with Crippen LogP contribution in [-0.2, 0) is 16.8 Å². The number of thiophene rings is 1. The Balaban J connectivity index is 2.04. The van der Waals surface area contributed by atoms with Crippen LogP contribution in [0.15, 0.2) is 12.1 Å². The van der Waals surface area contributed by atoms with Crippen molar-refractivity contribution in [1.82, 2.24) is 4.90 Å². The molecule has 2 unspecified atom stereocenters. The molecule has 2 atom stereocenters. The van der Waals surface area contributed by atoms with Gasteiger partial charge >= 0.3 is 5.97 Å². The van der Waals surface area contributed by atoms with Gasteiger partial charge in [0.15, 0.2) is 0 Å². The van der Waals surface area contributed by atoms with Crippen LogP contribution < -0.4 is 0 Å². The van der Waals surface area contributed by atoms with Gasteiger partial charge in [0, 0.05) is 28.9 Å². The van der Waals surface area contributed by atoms with Crippen LogP contribution in [0.3, 0.4) is 0 Å². The van der Waals surface area contributed by atoms with Gasteiger partial charge in [-0.05, 0) is 37.3 Å². The van der Waals surface area contributed by atoms with Crippen molar-refractivity contribution in [3.63, 3.8) is 0 Å². The monoisotopic (exact) mass is 295 g/mol. The van der Waals surface area contributed by atoms with Crippen LogP contribution in [-0.4, -0.2) is 28.6 Å². The minimum absolute atomic E-state index is 0.194. The van der Waals surface area contributed by atoms with Crippen molar-refractivity contribution < 1.29 is 9.90 Å². The largest absolute Gasteiger partial charge is 0.481 e. The molecule has 0 saturated carbocycles. The summed E-state index contributed by atoms with van der Waals surface area (Å²) in [7, 11) is 0. The van der Waals surface area contributed by atoms with E-state index >= 15 is 0 Å². The molecule has 1 saturated heterocycles. The van der Waals surface area contributed by atoms with E-state index in [9.17, 15) is 9.90 Å². The number of carboxylic acids is 1. The molecule has 0 radical (unpaired) electrons. The Morgan fingerprint density at radius 1 is 1.40 bits per heavy atom. The molecular weight excluding hydrogens is 270 g/mol. The van der Waals surface area contributed by atoms with Crippen LogP contribution in [0.2, 0.25) is 0 Å². The van der Waals surface area contributed by atoms with Gasteiger partial charge in [-0.3, -0.25) is 9.69 Å². The zero-order valence-electron chi connectivity index (χ0n) is 12.8. The minimum atomic E-state index is -0.650. The summed E-state index contributed by atoms with van der Waals surface area (Å²) in [6.07, 6.45) is 1.79. The van der Waals surface area contributed by atoms with E-state index in [0.717, 1.165) is 19.4 Å². The summed E-state index contributed by atoms with van der Waals surface area (Å²) in [5, 5.41) is 9.20. The van der Waals surface area contributed by atoms with Gasteiger partial charge in [-0.2, -0.15) is 0 Å². The lowest BCUT2D eigenvalue weighted by molar-refractivity contribution is -0.144. The van der Waals surface area contributed by atoms with Gasteiger partial charge < -0.3 is 5.11 Å². The summed E-state index contributed by atoms with van der Waals surface area (Å²) in [5.41, 5.74) is 0.194. The maximum Gasteiger partial charge on any atom is 0.307 e. The third-order valence-electron chi connectivity index (χ3n) is 4.12. The Bertz CT molecular complexity index is 475. The van der Waals surface area contributed by atoms with Gasteiger partial charge in [0.2, 0.25) is 0 Å². The van der Waals surface area contributed by atoms with Crippen molar-refractivity contribution in [2.45, 2.75) is 58.5 Å². The predicted molar refractivity (Wildman–Crippen MR) is 83.3 cm³/mol. The van der Waals surface area contributed by atoms with Crippen LogP contribution in [0.25, 0.3) is 0 Å². The van der Waals surface area contributed by atoms with E-state index in [1.807, 2.05) is 11.3 Å². The van der Waals surface area contributed by atoms with Crippen molar-refractivity contribution >= 4 is 17.3 Å². The summed E-state index contributed by atoms with van der Waals surface area (Å²) >= 11 is 1.86. The molecule has 0 aliphatic carbocycles. The van der Waals surface area contributed by atoms with E-state index in [-0.39, 0.29) is 11.3 Å². The zero-order chi connectivity index (χ0) is 14.9. The number of rotatable bonds is 3. The first-order chi connectivity index (χ1) is 9.27. The second-order valence-electron chi connectivity index (χ2n) is 6.91. The maximum absolute atomic E-state index is 11.2. The van der Waals surface area contributed by atoms with Crippen LogP contribution >= 0.6 is 11.3 Å². The Hall–Kier alpha value is -0.870. The molecule has 112 valence electrons. The van der Waals surface area contributed by atoms with Crippen molar-refractivity contribution in [2.24, 2.45) is 5.92 Å². The molecular formula is C16H25NO2S. The minimum Gasteiger partial charge on any atom is -0.481 e. The maximum atomic E-state index is 11.2. The number of carbonyl (C=O) groups is 1. The molecule has 1 aromatic heterocycles. The standard InChI is InChI=1S/C16H25NO2S/c1-11-5-6-12(15(18)19)9-17(11)10-13-7-8-14(20-13)16(2,3)4/h7-8,11-12H,5-6,9-10H2,1-4H3,(H,18,19). The average Bonchev–Trinajstić information content (AvgIpc) is 2.80. The molecule has 0 bridgehead atoms. The van der Waals surface area contributed by atoms with Gasteiger partial charge in [-0.1, -0.05) is 20.8 Å². The molecule has 2 heterocycles. The molecule has 1 aliphatic rings. The van der Waals surface area contributed by atoms with E-state index < -0.39 is 5.97 Å². The summed E-state index contributed by atoms with van der Waals surface area (Å²) < 4.78 is 0. The highest BCUT2D eigenvalue weighted by Gasteiger charge is 2.30. The number of hydrogen-bond donors (Lipinski definition) is 1. The molecule has 0 aromatic carbocycles. The molecule has 4 heteroatoms. The van der Waals surface area contributed by atoms with Gasteiger partial charge in [-0.25, -0.2) is 0 Å². The summed E-state index contributed by atoms with van der Waals surface area (Å²) in [6.45, 7) is 10.5. The third kappa shape index (κ3) is 3.61. The van der Waals surface area contributed by atoms with Crippen LogP contribution in [0.5, 0.6) is 0 Å². The molecule has 20 heavy (non-hydrogen) atoms. The first-order valence-electron chi connectivity index (χ1n) is 7.33. The van der Waals surface area contributed by atoms with Gasteiger partial charge in [0.25, 0.3) is 0 Å². The van der Waals surface area contributed by atoms with Crippen molar-refractivity contribution in [3.05, 3.63) is 21.9 Å². The van der Waals surface area contributed by atoms with Crippen LogP contribution in [0.1, 0.15) is 50.3 Å². The van der Waals surface area contributed by atoms with Gasteiger partial charge in [0.05, 0.1) is 5.92 Å². The molecule has 1 fully saturated rings. The van der Waals surface area contributed by atoms with Crippen LogP contribution in [0.4, 0.5) is 0 Å². The second kappa shape index (κ2) is 5.86. The molecule has 1 N–H and O–H groups in total. The average molecular weight is 295 g/mol. The lowest BCUT2D eigenvalue weighted by atomic mass is 9.93. The summed E-state index contributed by atoms with van der Waals surface area (Å²) in [5.74, 6) is -0.850. The number of carboxylic acid groups (broad SMARTS) is 1. The number of aliphatic carboxylic acids is 1. The molecule has 1 aromatic rings. The second-order valence-corrected chi connectivity index (χ2v) is 8.08. The number of likely N-dealkylation sites (tertiary alicyclic amines) is 1. The quantitative estimate of drug-likeness (QED) is 0.923. The zero-order valence-corrected chi connectivity index (χ0v) is 13.7. The highest BCUT2D eigenvalue weighted by atomic mass is 32.1. The fraction of sp³-hybridized carbons (Fsp3) is 0.688. The Morgan fingerprint density at radius 2 is 2.10 bits per heavy atom. The Kier molecular flexibility index (Phi) is 4.55. The fourth-order valence-corrected chi connectivity index (χ4v) is 3.76. The first-order valence-corrected chi connectivity index (χ1v) is 8.15. The lowest BCUT2D eigenvalue weighted by Gasteiger charge is -2.36. The van der Waals surface area contributed by atoms with Crippen molar-refractivity contribution in [3.8, 4) is 0 Å². The molecule has 3 nitrogen and oxygen atoms in total. The van der Waals surface area contributed by atoms with Crippen LogP contribution in [0, 0.1) is 5.92 Å². The topological polar surface area (TPSA) is 40.5 Å². The number of hydrogen-bond acceptors (Lipinski definition) is 3. The summed E-state index contributed by atoms with van der Waals surface area (Å²) in [4.78, 5) is 16.2. The smallest absolute Gasteiger partial charge is 0.307 e. The highest BCUT2D eigenvalue weighted by molar-refractivity contribution is 7.12. The molecule has 1 aliphatic heterocycles. The predicted octanol–water partition coefficient (Wildman–Crippen LogP) is 3.73. The lowest BCUT2D eigenvalue weighted by Crippen LogP contribution is -2.43. The van der Waals surface area contributed by atoms with E-state index in [0.29, 0.717) is 12.6 Å². The van der Waals surface area contributed by atoms with Gasteiger partial charge in [-0.15, -0.1) is 11.3 Å². The fourth-order valence-electron chi connectivity index (χ4n) is 2.67. The van der Waals surface area contributed by atoms with E-state index in [4.69, 9.17) is 0 Å². The summed E-state index contributed by atoms with van der Waals surface area (Å²) in [6, 6.07) is 4.89. The van der Waals surface area contributed by atoms with E-state index in [1.165, 1.54) is 9.75 Å². The first kappa shape index (κ1) is 15.5. The van der Waals surface area contributed by atoms with Crippen molar-refractivity contribution in [2.75, 3.05) is 6.54 Å². The Morgan fingerprint density at radius 3 is 2.65 bits per heavy atom. The van der Waals surface area contributed by atoms with Crippen molar-refractivity contribution in [1.29, 1.82) is 0 Å². The number of nitrogens with zero attached hydrogens (tertiary/aromatic N) is 1.